The van der Waals surface area contributed by atoms with Gasteiger partial charge in [-0.2, -0.15) is 0 Å². The van der Waals surface area contributed by atoms with Crippen LogP contribution in [-0.4, -0.2) is 35.9 Å². The first-order valence-electron chi connectivity index (χ1n) is 10.4. The van der Waals surface area contributed by atoms with Crippen molar-refractivity contribution in [2.45, 2.75) is 53.1 Å². The van der Waals surface area contributed by atoms with Crippen LogP contribution in [0, 0.1) is 13.8 Å². The molecule has 0 aliphatic carbocycles. The number of carbonyl (C=O) groups excluding carboxylic acids is 2. The zero-order valence-electron chi connectivity index (χ0n) is 18.5. The first kappa shape index (κ1) is 25.4. The maximum Gasteiger partial charge on any atom is 0.261 e. The fourth-order valence-electron chi connectivity index (χ4n) is 3.12. The highest BCUT2D eigenvalue weighted by Crippen LogP contribution is 2.26. The number of nitrogens with one attached hydrogen (secondary N) is 1. The molecule has 0 spiro atoms. The van der Waals surface area contributed by atoms with Crippen LogP contribution in [0.4, 0.5) is 0 Å². The van der Waals surface area contributed by atoms with Gasteiger partial charge in [-0.05, 0) is 68.1 Å². The number of ether oxygens (including phenoxy) is 1. The van der Waals surface area contributed by atoms with Crippen LogP contribution in [-0.2, 0) is 16.1 Å². The molecule has 2 rings (SSSR count). The second-order valence-electron chi connectivity index (χ2n) is 7.63. The van der Waals surface area contributed by atoms with Crippen molar-refractivity contribution in [1.29, 1.82) is 0 Å². The Morgan fingerprint density at radius 2 is 1.71 bits per heavy atom. The second kappa shape index (κ2) is 12.2. The van der Waals surface area contributed by atoms with Crippen LogP contribution in [0.15, 0.2) is 45.3 Å². The maximum absolute atomic E-state index is 13.1. The predicted octanol–water partition coefficient (Wildman–Crippen LogP) is 5.54. The summed E-state index contributed by atoms with van der Waals surface area (Å²) < 4.78 is 7.79. The lowest BCUT2D eigenvalue weighted by Crippen LogP contribution is -2.49. The van der Waals surface area contributed by atoms with E-state index in [0.29, 0.717) is 18.8 Å². The normalized spacial score (nSPS) is 11.7. The Morgan fingerprint density at radius 1 is 1.10 bits per heavy atom. The van der Waals surface area contributed by atoms with Crippen molar-refractivity contribution in [2.75, 3.05) is 13.2 Å². The third-order valence-corrected chi connectivity index (χ3v) is 6.81. The zero-order valence-corrected chi connectivity index (χ0v) is 21.7. The number of aryl methyl sites for hydroxylation is 2. The molecule has 1 N–H and O–H groups in total. The molecular formula is C24H30Br2N2O3. The van der Waals surface area contributed by atoms with Gasteiger partial charge in [-0.25, -0.2) is 0 Å². The van der Waals surface area contributed by atoms with Crippen LogP contribution in [0.25, 0.3) is 0 Å². The first-order valence-corrected chi connectivity index (χ1v) is 12.0. The molecule has 7 heteroatoms. The van der Waals surface area contributed by atoms with Crippen molar-refractivity contribution in [3.63, 3.8) is 0 Å². The summed E-state index contributed by atoms with van der Waals surface area (Å²) in [6, 6.07) is 10.9. The molecule has 0 unspecified atom stereocenters. The van der Waals surface area contributed by atoms with E-state index >= 15 is 0 Å². The van der Waals surface area contributed by atoms with Gasteiger partial charge in [0.05, 0.1) is 0 Å². The summed E-state index contributed by atoms with van der Waals surface area (Å²) >= 11 is 6.97. The highest BCUT2D eigenvalue weighted by Gasteiger charge is 2.26. The maximum atomic E-state index is 13.1. The summed E-state index contributed by atoms with van der Waals surface area (Å²) in [5.41, 5.74) is 3.02. The third kappa shape index (κ3) is 7.65. The van der Waals surface area contributed by atoms with Crippen LogP contribution >= 0.6 is 31.9 Å². The van der Waals surface area contributed by atoms with E-state index in [2.05, 4.69) is 44.1 Å². The number of halogens is 2. The molecule has 31 heavy (non-hydrogen) atoms. The molecule has 0 heterocycles. The molecule has 0 aliphatic rings. The summed E-state index contributed by atoms with van der Waals surface area (Å²) in [7, 11) is 0. The topological polar surface area (TPSA) is 58.6 Å². The molecule has 0 fully saturated rings. The molecule has 0 aromatic heterocycles. The van der Waals surface area contributed by atoms with Gasteiger partial charge in [0.1, 0.15) is 11.8 Å². The molecule has 0 aliphatic heterocycles. The first-order chi connectivity index (χ1) is 14.7. The third-order valence-electron chi connectivity index (χ3n) is 5.04. The Labute approximate surface area is 201 Å². The average molecular weight is 554 g/mol. The van der Waals surface area contributed by atoms with Gasteiger partial charge in [0.15, 0.2) is 6.61 Å². The van der Waals surface area contributed by atoms with Gasteiger partial charge in [-0.3, -0.25) is 9.59 Å². The minimum absolute atomic E-state index is 0.135. The number of hydrogen-bond acceptors (Lipinski definition) is 3. The number of benzene rings is 2. The number of hydrogen-bond donors (Lipinski definition) is 1. The van der Waals surface area contributed by atoms with Gasteiger partial charge in [0.2, 0.25) is 5.91 Å². The number of amides is 2. The average Bonchev–Trinajstić information content (AvgIpc) is 2.74. The Kier molecular flexibility index (Phi) is 10.0. The van der Waals surface area contributed by atoms with Gasteiger partial charge in [-0.1, -0.05) is 57.3 Å². The molecule has 2 aromatic carbocycles. The van der Waals surface area contributed by atoms with Crippen molar-refractivity contribution >= 4 is 43.7 Å². The summed E-state index contributed by atoms with van der Waals surface area (Å²) in [4.78, 5) is 27.3. The fraction of sp³-hybridized carbons (Fsp3) is 0.417. The summed E-state index contributed by atoms with van der Waals surface area (Å²) in [6.45, 7) is 8.59. The quantitative estimate of drug-likeness (QED) is 0.393. The van der Waals surface area contributed by atoms with Crippen molar-refractivity contribution in [3.8, 4) is 5.75 Å². The molecule has 0 saturated carbocycles. The molecule has 0 saturated heterocycles. The number of unbranched alkanes of at least 4 members (excludes halogenated alkanes) is 1. The highest BCUT2D eigenvalue weighted by atomic mass is 79.9. The lowest BCUT2D eigenvalue weighted by Gasteiger charge is -2.29. The Bertz CT molecular complexity index is 877. The second-order valence-corrected chi connectivity index (χ2v) is 9.34. The van der Waals surface area contributed by atoms with Crippen molar-refractivity contribution in [2.24, 2.45) is 0 Å². The largest absolute Gasteiger partial charge is 0.484 e. The van der Waals surface area contributed by atoms with Crippen LogP contribution in [0.1, 0.15) is 43.4 Å². The van der Waals surface area contributed by atoms with Crippen LogP contribution in [0.2, 0.25) is 0 Å². The molecule has 0 radical (unpaired) electrons. The van der Waals surface area contributed by atoms with Gasteiger partial charge in [-0.15, -0.1) is 0 Å². The minimum Gasteiger partial charge on any atom is -0.484 e. The van der Waals surface area contributed by atoms with E-state index in [9.17, 15) is 9.59 Å². The lowest BCUT2D eigenvalue weighted by atomic mass is 10.1. The Hall–Kier alpha value is -1.86. The Balaban J connectivity index is 2.14. The van der Waals surface area contributed by atoms with Crippen LogP contribution in [0.3, 0.4) is 0 Å². The molecular weight excluding hydrogens is 524 g/mol. The van der Waals surface area contributed by atoms with Crippen molar-refractivity contribution in [1.82, 2.24) is 10.2 Å². The number of nitrogens with zero attached hydrogens (tertiary/aromatic N) is 1. The monoisotopic (exact) mass is 552 g/mol. The number of carbonyl (C=O) groups is 2. The Morgan fingerprint density at radius 3 is 2.29 bits per heavy atom. The van der Waals surface area contributed by atoms with Gasteiger partial charge in [0, 0.05) is 22.0 Å². The van der Waals surface area contributed by atoms with E-state index in [4.69, 9.17) is 4.74 Å². The molecule has 0 bridgehead atoms. The van der Waals surface area contributed by atoms with Gasteiger partial charge in [0.25, 0.3) is 5.91 Å². The van der Waals surface area contributed by atoms with E-state index < -0.39 is 6.04 Å². The summed E-state index contributed by atoms with van der Waals surface area (Å²) in [5, 5.41) is 2.92. The van der Waals surface area contributed by atoms with Crippen molar-refractivity contribution in [3.05, 3.63) is 62.0 Å². The zero-order chi connectivity index (χ0) is 23.0. The predicted molar refractivity (Wildman–Crippen MR) is 131 cm³/mol. The van der Waals surface area contributed by atoms with Crippen molar-refractivity contribution < 1.29 is 14.3 Å². The molecule has 5 nitrogen and oxygen atoms in total. The van der Waals surface area contributed by atoms with E-state index in [1.807, 2.05) is 50.2 Å². The van der Waals surface area contributed by atoms with E-state index in [1.165, 1.54) is 0 Å². The van der Waals surface area contributed by atoms with Gasteiger partial charge >= 0.3 is 0 Å². The fourth-order valence-corrected chi connectivity index (χ4v) is 3.62. The minimum atomic E-state index is -0.606. The smallest absolute Gasteiger partial charge is 0.261 e. The molecule has 1 atom stereocenters. The highest BCUT2D eigenvalue weighted by molar-refractivity contribution is 9.10. The van der Waals surface area contributed by atoms with E-state index in [0.717, 1.165) is 38.5 Å². The van der Waals surface area contributed by atoms with Gasteiger partial charge < -0.3 is 15.0 Å². The summed E-state index contributed by atoms with van der Waals surface area (Å²) in [6.07, 6.45) is 1.90. The SMILES string of the molecule is CCCCNC(=O)[C@H](C)N(Cc1ccc(Br)cc1)C(=O)COc1cc(C)c(Br)c(C)c1. The van der Waals surface area contributed by atoms with E-state index in [1.54, 1.807) is 11.8 Å². The number of rotatable bonds is 10. The molecule has 168 valence electrons. The molecule has 2 amide bonds. The van der Waals surface area contributed by atoms with E-state index in [-0.39, 0.29) is 18.4 Å². The van der Waals surface area contributed by atoms with Crippen LogP contribution < -0.4 is 10.1 Å². The molecule has 2 aromatic rings. The lowest BCUT2D eigenvalue weighted by molar-refractivity contribution is -0.142. The van der Waals surface area contributed by atoms with Crippen LogP contribution in [0.5, 0.6) is 5.75 Å². The standard InChI is InChI=1S/C24H30Br2N2O3/c1-5-6-11-27-24(30)18(4)28(14-19-7-9-20(25)10-8-19)22(29)15-31-21-12-16(2)23(26)17(3)13-21/h7-10,12-13,18H,5-6,11,14-15H2,1-4H3,(H,27,30)/t18-/m0/s1. The summed E-state index contributed by atoms with van der Waals surface area (Å²) in [5.74, 6) is 0.240.